The van der Waals surface area contributed by atoms with E-state index in [2.05, 4.69) is 20.9 Å². The first-order valence-electron chi connectivity index (χ1n) is 4.11. The number of pyridine rings is 1. The first kappa shape index (κ1) is 11.5. The molecule has 0 bridgehead atoms. The highest BCUT2D eigenvalue weighted by Crippen LogP contribution is 2.19. The first-order valence-corrected chi connectivity index (χ1v) is 5.28. The van der Waals surface area contributed by atoms with Gasteiger partial charge in [-0.2, -0.15) is 0 Å². The lowest BCUT2D eigenvalue weighted by Gasteiger charge is -2.02. The normalized spacial score (nSPS) is 10.1. The van der Waals surface area contributed by atoms with E-state index < -0.39 is 5.97 Å². The molecule has 0 aromatic carbocycles. The van der Waals surface area contributed by atoms with Crippen molar-refractivity contribution >= 4 is 33.5 Å². The minimum atomic E-state index is -0.788. The van der Waals surface area contributed by atoms with Crippen LogP contribution in [0.25, 0.3) is 0 Å². The van der Waals surface area contributed by atoms with Crippen molar-refractivity contribution in [2.45, 2.75) is 19.3 Å². The molecule has 1 N–H and O–H groups in total. The summed E-state index contributed by atoms with van der Waals surface area (Å²) in [6.45, 7) is 0. The Morgan fingerprint density at radius 2 is 2.36 bits per heavy atom. The number of rotatable bonds is 4. The van der Waals surface area contributed by atoms with Crippen LogP contribution in [0.3, 0.4) is 0 Å². The average Bonchev–Trinajstić information content (AvgIpc) is 2.10. The third kappa shape index (κ3) is 3.64. The van der Waals surface area contributed by atoms with Crippen LogP contribution < -0.4 is 0 Å². The molecule has 76 valence electrons. The molecular weight excluding hydrogens is 269 g/mol. The van der Waals surface area contributed by atoms with E-state index in [-0.39, 0.29) is 6.42 Å². The van der Waals surface area contributed by atoms with Gasteiger partial charge in [-0.1, -0.05) is 11.6 Å². The van der Waals surface area contributed by atoms with E-state index in [1.807, 2.05) is 6.07 Å². The summed E-state index contributed by atoms with van der Waals surface area (Å²) in [7, 11) is 0. The van der Waals surface area contributed by atoms with E-state index >= 15 is 0 Å². The summed E-state index contributed by atoms with van der Waals surface area (Å²) in [5.41, 5.74) is 0.877. The summed E-state index contributed by atoms with van der Waals surface area (Å²) in [6.07, 6.45) is 2.98. The molecule has 0 fully saturated rings. The Bertz CT molecular complexity index is 344. The van der Waals surface area contributed by atoms with Gasteiger partial charge in [0.2, 0.25) is 0 Å². The van der Waals surface area contributed by atoms with Crippen molar-refractivity contribution in [3.8, 4) is 0 Å². The van der Waals surface area contributed by atoms with Gasteiger partial charge in [0.1, 0.15) is 5.15 Å². The Labute approximate surface area is 95.2 Å². The van der Waals surface area contributed by atoms with Crippen molar-refractivity contribution < 1.29 is 9.90 Å². The number of hydrogen-bond donors (Lipinski definition) is 1. The molecule has 3 nitrogen and oxygen atoms in total. The van der Waals surface area contributed by atoms with Crippen LogP contribution in [-0.4, -0.2) is 16.1 Å². The zero-order valence-electron chi connectivity index (χ0n) is 7.33. The minimum Gasteiger partial charge on any atom is -0.481 e. The molecule has 0 spiro atoms. The molecule has 0 saturated carbocycles. The van der Waals surface area contributed by atoms with Gasteiger partial charge >= 0.3 is 5.97 Å². The zero-order valence-corrected chi connectivity index (χ0v) is 9.68. The van der Waals surface area contributed by atoms with Crippen molar-refractivity contribution in [3.63, 3.8) is 0 Å². The van der Waals surface area contributed by atoms with Gasteiger partial charge in [0.05, 0.1) is 0 Å². The van der Waals surface area contributed by atoms with Crippen LogP contribution >= 0.6 is 27.5 Å². The van der Waals surface area contributed by atoms with Crippen molar-refractivity contribution in [2.24, 2.45) is 0 Å². The van der Waals surface area contributed by atoms with E-state index in [4.69, 9.17) is 16.7 Å². The largest absolute Gasteiger partial charge is 0.481 e. The highest BCUT2D eigenvalue weighted by atomic mass is 79.9. The van der Waals surface area contributed by atoms with Gasteiger partial charge < -0.3 is 5.11 Å². The smallest absolute Gasteiger partial charge is 0.303 e. The molecule has 0 amide bonds. The van der Waals surface area contributed by atoms with Gasteiger partial charge in [-0.15, -0.1) is 0 Å². The second kappa shape index (κ2) is 5.32. The molecule has 1 aromatic heterocycles. The van der Waals surface area contributed by atoms with Gasteiger partial charge in [0.25, 0.3) is 0 Å². The number of aromatic nitrogens is 1. The summed E-state index contributed by atoms with van der Waals surface area (Å²) in [5, 5.41) is 8.90. The van der Waals surface area contributed by atoms with Gasteiger partial charge in [0.15, 0.2) is 0 Å². The summed E-state index contributed by atoms with van der Waals surface area (Å²) in [6, 6.07) is 1.86. The van der Waals surface area contributed by atoms with Gasteiger partial charge in [-0.25, -0.2) is 4.98 Å². The Morgan fingerprint density at radius 3 is 3.00 bits per heavy atom. The quantitative estimate of drug-likeness (QED) is 0.862. The predicted molar refractivity (Wildman–Crippen MR) is 57.5 cm³/mol. The molecule has 0 aliphatic carbocycles. The molecule has 1 rings (SSSR count). The number of carbonyl (C=O) groups is 1. The fourth-order valence-corrected chi connectivity index (χ4v) is 1.65. The third-order valence-corrected chi connectivity index (χ3v) is 2.49. The molecule has 5 heteroatoms. The highest BCUT2D eigenvalue weighted by Gasteiger charge is 2.04. The topological polar surface area (TPSA) is 50.2 Å². The van der Waals surface area contributed by atoms with Gasteiger partial charge in [0, 0.05) is 17.1 Å². The Hall–Kier alpha value is -0.610. The van der Waals surface area contributed by atoms with Crippen LogP contribution in [0, 0.1) is 0 Å². The van der Waals surface area contributed by atoms with Gasteiger partial charge in [-0.3, -0.25) is 4.79 Å². The van der Waals surface area contributed by atoms with Gasteiger partial charge in [-0.05, 0) is 40.4 Å². The predicted octanol–water partition coefficient (Wildman–Crippen LogP) is 2.90. The SMILES string of the molecule is O=C(O)CCCc1cc(Br)cnc1Cl. The molecule has 0 aliphatic heterocycles. The number of carboxylic acids is 1. The second-order valence-electron chi connectivity index (χ2n) is 2.85. The average molecular weight is 279 g/mol. The summed E-state index contributed by atoms with van der Waals surface area (Å²) in [5.74, 6) is -0.788. The van der Waals surface area contributed by atoms with Crippen molar-refractivity contribution in [3.05, 3.63) is 27.5 Å². The van der Waals surface area contributed by atoms with Crippen molar-refractivity contribution in [1.29, 1.82) is 0 Å². The standard InChI is InChI=1S/C9H9BrClNO2/c10-7-4-6(9(11)12-5-7)2-1-3-8(13)14/h4-5H,1-3H2,(H,13,14). The van der Waals surface area contributed by atoms with Crippen LogP contribution in [0.5, 0.6) is 0 Å². The molecule has 0 unspecified atom stereocenters. The molecule has 1 heterocycles. The summed E-state index contributed by atoms with van der Waals surface area (Å²) in [4.78, 5) is 14.2. The number of carboxylic acid groups (broad SMARTS) is 1. The van der Waals surface area contributed by atoms with Crippen LogP contribution in [0.2, 0.25) is 5.15 Å². The van der Waals surface area contributed by atoms with E-state index in [9.17, 15) is 4.79 Å². The lowest BCUT2D eigenvalue weighted by Crippen LogP contribution is -1.97. The third-order valence-electron chi connectivity index (χ3n) is 1.72. The fraction of sp³-hybridized carbons (Fsp3) is 0.333. The summed E-state index contributed by atoms with van der Waals surface area (Å²) >= 11 is 9.11. The van der Waals surface area contributed by atoms with E-state index in [0.29, 0.717) is 18.0 Å². The molecule has 0 radical (unpaired) electrons. The molecule has 14 heavy (non-hydrogen) atoms. The number of aryl methyl sites for hydroxylation is 1. The van der Waals surface area contributed by atoms with Crippen LogP contribution in [0.4, 0.5) is 0 Å². The maximum Gasteiger partial charge on any atom is 0.303 e. The van der Waals surface area contributed by atoms with E-state index in [1.54, 1.807) is 6.20 Å². The zero-order chi connectivity index (χ0) is 10.6. The van der Waals surface area contributed by atoms with Crippen LogP contribution in [-0.2, 0) is 11.2 Å². The Balaban J connectivity index is 2.57. The maximum absolute atomic E-state index is 10.3. The lowest BCUT2D eigenvalue weighted by molar-refractivity contribution is -0.137. The summed E-state index contributed by atoms with van der Waals surface area (Å²) < 4.78 is 0.854. The molecule has 0 atom stereocenters. The fourth-order valence-electron chi connectivity index (χ4n) is 1.07. The first-order chi connectivity index (χ1) is 6.59. The molecule has 0 saturated heterocycles. The molecule has 0 aliphatic rings. The van der Waals surface area contributed by atoms with Crippen molar-refractivity contribution in [2.75, 3.05) is 0 Å². The monoisotopic (exact) mass is 277 g/mol. The van der Waals surface area contributed by atoms with Crippen molar-refractivity contribution in [1.82, 2.24) is 4.98 Å². The number of nitrogens with zero attached hydrogens (tertiary/aromatic N) is 1. The highest BCUT2D eigenvalue weighted by molar-refractivity contribution is 9.10. The number of aliphatic carboxylic acids is 1. The van der Waals surface area contributed by atoms with Crippen LogP contribution in [0.1, 0.15) is 18.4 Å². The van der Waals surface area contributed by atoms with Crippen LogP contribution in [0.15, 0.2) is 16.7 Å². The number of hydrogen-bond acceptors (Lipinski definition) is 2. The molecule has 1 aromatic rings. The van der Waals surface area contributed by atoms with E-state index in [1.165, 1.54) is 0 Å². The molecular formula is C9H9BrClNO2. The number of halogens is 2. The lowest BCUT2D eigenvalue weighted by atomic mass is 10.1. The maximum atomic E-state index is 10.3. The minimum absolute atomic E-state index is 0.156. The van der Waals surface area contributed by atoms with E-state index in [0.717, 1.165) is 10.0 Å². The second-order valence-corrected chi connectivity index (χ2v) is 4.12. The Kier molecular flexibility index (Phi) is 4.35. The Morgan fingerprint density at radius 1 is 1.64 bits per heavy atom.